The summed E-state index contributed by atoms with van der Waals surface area (Å²) in [5.41, 5.74) is 5.31. The van der Waals surface area contributed by atoms with Gasteiger partial charge in [-0.05, 0) is 23.6 Å². The Bertz CT molecular complexity index is 971. The number of nitrogens with two attached hydrogens (primary N) is 1. The SMILES string of the molecule is CC(=O)OCC(=O)C(CC(=O)O)NC(=O)C1CCCCC1C(N)=O.c1ccc2ccccc2c1. The van der Waals surface area contributed by atoms with Gasteiger partial charge in [0.15, 0.2) is 12.4 Å². The first-order valence-corrected chi connectivity index (χ1v) is 11.1. The summed E-state index contributed by atoms with van der Waals surface area (Å²) in [7, 11) is 0. The van der Waals surface area contributed by atoms with Crippen molar-refractivity contribution in [3.8, 4) is 0 Å². The van der Waals surface area contributed by atoms with Crippen LogP contribution in [0.2, 0.25) is 0 Å². The summed E-state index contributed by atoms with van der Waals surface area (Å²) in [4.78, 5) is 57.5. The molecule has 9 heteroatoms. The predicted molar refractivity (Wildman–Crippen MR) is 124 cm³/mol. The molecule has 2 aromatic carbocycles. The fourth-order valence-corrected chi connectivity index (χ4v) is 3.89. The normalized spacial score (nSPS) is 18.0. The number of amides is 2. The summed E-state index contributed by atoms with van der Waals surface area (Å²) in [6.45, 7) is 0.481. The smallest absolute Gasteiger partial charge is 0.305 e. The molecule has 3 atom stereocenters. The third-order valence-electron chi connectivity index (χ3n) is 5.63. The van der Waals surface area contributed by atoms with Crippen LogP contribution in [-0.4, -0.2) is 47.3 Å². The van der Waals surface area contributed by atoms with Crippen LogP contribution in [0.5, 0.6) is 0 Å². The van der Waals surface area contributed by atoms with E-state index in [-0.39, 0.29) is 0 Å². The summed E-state index contributed by atoms with van der Waals surface area (Å²) in [6, 6.07) is 15.4. The summed E-state index contributed by atoms with van der Waals surface area (Å²) in [5.74, 6) is -5.19. The number of carbonyl (C=O) groups is 5. The molecule has 3 unspecified atom stereocenters. The number of primary amides is 1. The largest absolute Gasteiger partial charge is 0.481 e. The molecule has 1 fully saturated rings. The number of ketones is 1. The Hall–Kier alpha value is -3.75. The van der Waals surface area contributed by atoms with Gasteiger partial charge in [0, 0.05) is 18.8 Å². The lowest BCUT2D eigenvalue weighted by Gasteiger charge is -2.29. The number of hydrogen-bond acceptors (Lipinski definition) is 6. The molecule has 1 aliphatic rings. The van der Waals surface area contributed by atoms with Crippen LogP contribution >= 0.6 is 0 Å². The molecule has 0 aliphatic heterocycles. The Morgan fingerprint density at radius 1 is 0.971 bits per heavy atom. The van der Waals surface area contributed by atoms with Gasteiger partial charge in [0.2, 0.25) is 11.8 Å². The maximum absolute atomic E-state index is 12.4. The van der Waals surface area contributed by atoms with Gasteiger partial charge in [-0.1, -0.05) is 61.4 Å². The summed E-state index contributed by atoms with van der Waals surface area (Å²) in [5, 5.41) is 13.9. The molecule has 0 spiro atoms. The average molecular weight is 471 g/mol. The quantitative estimate of drug-likeness (QED) is 0.500. The van der Waals surface area contributed by atoms with Gasteiger partial charge in [-0.2, -0.15) is 0 Å². The first kappa shape index (κ1) is 26.5. The predicted octanol–water partition coefficient (Wildman–Crippen LogP) is 2.21. The van der Waals surface area contributed by atoms with Crippen molar-refractivity contribution in [2.45, 2.75) is 45.1 Å². The molecule has 34 heavy (non-hydrogen) atoms. The molecule has 4 N–H and O–H groups in total. The number of nitrogens with one attached hydrogen (secondary N) is 1. The molecule has 1 saturated carbocycles. The second-order valence-corrected chi connectivity index (χ2v) is 8.15. The van der Waals surface area contributed by atoms with Gasteiger partial charge in [0.05, 0.1) is 6.42 Å². The van der Waals surface area contributed by atoms with Crippen molar-refractivity contribution >= 4 is 40.3 Å². The monoisotopic (exact) mass is 470 g/mol. The molecule has 182 valence electrons. The van der Waals surface area contributed by atoms with E-state index in [9.17, 15) is 24.0 Å². The number of rotatable bonds is 8. The number of hydrogen-bond donors (Lipinski definition) is 3. The average Bonchev–Trinajstić information content (AvgIpc) is 2.82. The van der Waals surface area contributed by atoms with E-state index >= 15 is 0 Å². The third kappa shape index (κ3) is 8.31. The van der Waals surface area contributed by atoms with Crippen LogP contribution in [0.4, 0.5) is 0 Å². The third-order valence-corrected chi connectivity index (χ3v) is 5.63. The summed E-state index contributed by atoms with van der Waals surface area (Å²) < 4.78 is 4.55. The first-order chi connectivity index (χ1) is 16.2. The van der Waals surface area contributed by atoms with E-state index in [4.69, 9.17) is 10.8 Å². The van der Waals surface area contributed by atoms with E-state index in [0.29, 0.717) is 12.8 Å². The molecular weight excluding hydrogens is 440 g/mol. The standard InChI is InChI=1S/C15H22N2O7.C10H8/c1-8(18)24-7-12(19)11(6-13(20)21)17-15(23)10-5-3-2-4-9(10)14(16)22;1-2-6-10-8-4-3-7-9(10)5-1/h9-11H,2-7H2,1H3,(H2,16,22)(H,17,23)(H,20,21);1-8H. The van der Waals surface area contributed by atoms with Crippen molar-refractivity contribution in [2.24, 2.45) is 17.6 Å². The molecule has 0 radical (unpaired) electrons. The highest BCUT2D eigenvalue weighted by Crippen LogP contribution is 2.30. The van der Waals surface area contributed by atoms with Crippen LogP contribution in [0.1, 0.15) is 39.0 Å². The zero-order valence-corrected chi connectivity index (χ0v) is 19.1. The maximum atomic E-state index is 12.4. The van der Waals surface area contributed by atoms with Gasteiger partial charge in [-0.3, -0.25) is 24.0 Å². The van der Waals surface area contributed by atoms with Crippen LogP contribution in [0, 0.1) is 11.8 Å². The first-order valence-electron chi connectivity index (χ1n) is 11.1. The lowest BCUT2D eigenvalue weighted by atomic mass is 9.78. The maximum Gasteiger partial charge on any atom is 0.305 e. The summed E-state index contributed by atoms with van der Waals surface area (Å²) in [6.07, 6.45) is 1.81. The van der Waals surface area contributed by atoms with Crippen molar-refractivity contribution in [3.63, 3.8) is 0 Å². The highest BCUT2D eigenvalue weighted by atomic mass is 16.5. The minimum atomic E-state index is -1.33. The number of Topliss-reactive ketones (excluding diaryl/α,β-unsaturated/α-hetero) is 1. The van der Waals surface area contributed by atoms with Crippen LogP contribution in [0.15, 0.2) is 48.5 Å². The minimum absolute atomic E-state index is 0.442. The van der Waals surface area contributed by atoms with Crippen LogP contribution < -0.4 is 11.1 Å². The molecule has 9 nitrogen and oxygen atoms in total. The van der Waals surface area contributed by atoms with Gasteiger partial charge < -0.3 is 20.9 Å². The van der Waals surface area contributed by atoms with Crippen molar-refractivity contribution in [1.29, 1.82) is 0 Å². The van der Waals surface area contributed by atoms with Crippen LogP contribution in [0.3, 0.4) is 0 Å². The number of aliphatic carboxylic acids is 1. The van der Waals surface area contributed by atoms with Crippen molar-refractivity contribution in [1.82, 2.24) is 5.32 Å². The Morgan fingerprint density at radius 3 is 1.91 bits per heavy atom. The molecule has 1 aliphatic carbocycles. The second-order valence-electron chi connectivity index (χ2n) is 8.15. The number of carboxylic acid groups (broad SMARTS) is 1. The number of carbonyl (C=O) groups excluding carboxylic acids is 4. The lowest BCUT2D eigenvalue weighted by molar-refractivity contribution is -0.148. The molecule has 0 saturated heterocycles. The zero-order chi connectivity index (χ0) is 25.1. The fraction of sp³-hybridized carbons (Fsp3) is 0.400. The molecule has 0 heterocycles. The molecule has 2 amide bonds. The minimum Gasteiger partial charge on any atom is -0.481 e. The van der Waals surface area contributed by atoms with E-state index in [1.54, 1.807) is 0 Å². The zero-order valence-electron chi connectivity index (χ0n) is 19.1. The van der Waals surface area contributed by atoms with Gasteiger partial charge in [-0.25, -0.2) is 0 Å². The highest BCUT2D eigenvalue weighted by molar-refractivity contribution is 5.95. The van der Waals surface area contributed by atoms with Gasteiger partial charge >= 0.3 is 11.9 Å². The van der Waals surface area contributed by atoms with E-state index in [1.165, 1.54) is 10.8 Å². The number of esters is 1. The van der Waals surface area contributed by atoms with Gasteiger partial charge in [-0.15, -0.1) is 0 Å². The fourth-order valence-electron chi connectivity index (χ4n) is 3.89. The number of carboxylic acids is 1. The number of ether oxygens (including phenoxy) is 1. The molecule has 3 rings (SSSR count). The Kier molecular flexibility index (Phi) is 10.2. The van der Waals surface area contributed by atoms with Crippen molar-refractivity contribution < 1.29 is 33.8 Å². The number of fused-ring (bicyclic) bond motifs is 1. The Balaban J connectivity index is 0.000000333. The van der Waals surface area contributed by atoms with Gasteiger partial charge in [0.1, 0.15) is 6.04 Å². The lowest BCUT2D eigenvalue weighted by Crippen LogP contribution is -2.49. The molecular formula is C25H30N2O7. The Morgan fingerprint density at radius 2 is 1.47 bits per heavy atom. The molecule has 0 aromatic heterocycles. The van der Waals surface area contributed by atoms with E-state index < -0.39 is 60.4 Å². The van der Waals surface area contributed by atoms with E-state index in [2.05, 4.69) is 58.6 Å². The Labute approximate surface area is 197 Å². The topological polar surface area (TPSA) is 153 Å². The molecule has 2 aromatic rings. The highest BCUT2D eigenvalue weighted by Gasteiger charge is 2.36. The van der Waals surface area contributed by atoms with Crippen LogP contribution in [-0.2, 0) is 28.7 Å². The van der Waals surface area contributed by atoms with Crippen molar-refractivity contribution in [3.05, 3.63) is 48.5 Å². The van der Waals surface area contributed by atoms with Crippen molar-refractivity contribution in [2.75, 3.05) is 6.61 Å². The van der Waals surface area contributed by atoms with E-state index in [1.807, 2.05) is 0 Å². The molecule has 0 bridgehead atoms. The second kappa shape index (κ2) is 13.1. The summed E-state index contributed by atoms with van der Waals surface area (Å²) >= 11 is 0. The van der Waals surface area contributed by atoms with E-state index in [0.717, 1.165) is 19.8 Å². The number of benzene rings is 2. The van der Waals surface area contributed by atoms with Crippen LogP contribution in [0.25, 0.3) is 10.8 Å². The van der Waals surface area contributed by atoms with Gasteiger partial charge in [0.25, 0.3) is 0 Å².